The molecule has 0 radical (unpaired) electrons. The molecule has 0 aliphatic heterocycles. The fourth-order valence-corrected chi connectivity index (χ4v) is 1.82. The summed E-state index contributed by atoms with van der Waals surface area (Å²) < 4.78 is 12.8. The van der Waals surface area contributed by atoms with E-state index in [1.54, 1.807) is 6.20 Å². The lowest BCUT2D eigenvalue weighted by Gasteiger charge is -2.16. The van der Waals surface area contributed by atoms with E-state index in [1.807, 2.05) is 37.5 Å². The summed E-state index contributed by atoms with van der Waals surface area (Å²) in [6, 6.07) is 10.8. The molecule has 1 aromatic carbocycles. The molecule has 0 saturated carbocycles. The van der Waals surface area contributed by atoms with Gasteiger partial charge in [0.2, 0.25) is 0 Å². The minimum Gasteiger partial charge on any atom is -0.313 e. The average molecular weight is 230 g/mol. The van der Waals surface area contributed by atoms with Gasteiger partial charge in [-0.2, -0.15) is 0 Å². The van der Waals surface area contributed by atoms with Crippen molar-refractivity contribution in [2.24, 2.45) is 0 Å². The van der Waals surface area contributed by atoms with Gasteiger partial charge in [0.1, 0.15) is 5.82 Å². The molecule has 0 aliphatic carbocycles. The number of hydrogen-bond acceptors (Lipinski definition) is 2. The lowest BCUT2D eigenvalue weighted by molar-refractivity contribution is 0.587. The minimum absolute atomic E-state index is 0.198. The molecule has 2 rings (SSSR count). The van der Waals surface area contributed by atoms with Crippen molar-refractivity contribution in [3.8, 4) is 0 Å². The SMILES string of the molecule is CNC(Cc1ccc(F)cc1)c1cccnc1. The zero-order valence-electron chi connectivity index (χ0n) is 9.73. The van der Waals surface area contributed by atoms with E-state index in [1.165, 1.54) is 12.1 Å². The number of benzene rings is 1. The Bertz CT molecular complexity index is 453. The van der Waals surface area contributed by atoms with E-state index < -0.39 is 0 Å². The summed E-state index contributed by atoms with van der Waals surface area (Å²) in [4.78, 5) is 4.11. The molecule has 1 N–H and O–H groups in total. The predicted molar refractivity (Wildman–Crippen MR) is 66.1 cm³/mol. The first-order valence-corrected chi connectivity index (χ1v) is 5.61. The number of nitrogens with zero attached hydrogens (tertiary/aromatic N) is 1. The van der Waals surface area contributed by atoms with Crippen LogP contribution in [0.1, 0.15) is 17.2 Å². The van der Waals surface area contributed by atoms with Crippen LogP contribution in [0, 0.1) is 5.82 Å². The zero-order chi connectivity index (χ0) is 12.1. The summed E-state index contributed by atoms with van der Waals surface area (Å²) in [7, 11) is 1.92. The van der Waals surface area contributed by atoms with Crippen molar-refractivity contribution in [2.45, 2.75) is 12.5 Å². The molecule has 1 aromatic heterocycles. The molecular weight excluding hydrogens is 215 g/mol. The Balaban J connectivity index is 2.13. The molecule has 2 aromatic rings. The first-order valence-electron chi connectivity index (χ1n) is 5.61. The Labute approximate surface area is 101 Å². The molecule has 0 spiro atoms. The van der Waals surface area contributed by atoms with Crippen molar-refractivity contribution in [2.75, 3.05) is 7.05 Å². The quantitative estimate of drug-likeness (QED) is 0.873. The maximum Gasteiger partial charge on any atom is 0.123 e. The summed E-state index contributed by atoms with van der Waals surface area (Å²) in [6.07, 6.45) is 4.43. The van der Waals surface area contributed by atoms with Gasteiger partial charge < -0.3 is 5.32 Å². The van der Waals surface area contributed by atoms with Crippen LogP contribution in [-0.4, -0.2) is 12.0 Å². The molecule has 3 heteroatoms. The van der Waals surface area contributed by atoms with Crippen LogP contribution in [-0.2, 0) is 6.42 Å². The highest BCUT2D eigenvalue weighted by atomic mass is 19.1. The minimum atomic E-state index is -0.198. The van der Waals surface area contributed by atoms with Gasteiger partial charge in [-0.05, 0) is 42.8 Å². The predicted octanol–water partition coefficient (Wildman–Crippen LogP) is 2.72. The van der Waals surface area contributed by atoms with Crippen molar-refractivity contribution in [3.05, 3.63) is 65.7 Å². The molecule has 1 heterocycles. The molecule has 0 saturated heterocycles. The van der Waals surface area contributed by atoms with Crippen molar-refractivity contribution >= 4 is 0 Å². The van der Waals surface area contributed by atoms with Gasteiger partial charge in [-0.3, -0.25) is 4.98 Å². The first-order chi connectivity index (χ1) is 8.29. The monoisotopic (exact) mass is 230 g/mol. The molecule has 0 amide bonds. The second-order valence-corrected chi connectivity index (χ2v) is 3.96. The molecule has 0 bridgehead atoms. The van der Waals surface area contributed by atoms with Gasteiger partial charge in [0.25, 0.3) is 0 Å². The standard InChI is InChI=1S/C14H15FN2/c1-16-14(12-3-2-8-17-10-12)9-11-4-6-13(15)7-5-11/h2-8,10,14,16H,9H2,1H3. The smallest absolute Gasteiger partial charge is 0.123 e. The first kappa shape index (κ1) is 11.7. The Morgan fingerprint density at radius 3 is 2.59 bits per heavy atom. The van der Waals surface area contributed by atoms with Crippen LogP contribution in [0.4, 0.5) is 4.39 Å². The van der Waals surface area contributed by atoms with Crippen LogP contribution in [0.15, 0.2) is 48.8 Å². The summed E-state index contributed by atoms with van der Waals surface area (Å²) in [6.45, 7) is 0. The lowest BCUT2D eigenvalue weighted by atomic mass is 10.0. The normalized spacial score (nSPS) is 12.4. The Kier molecular flexibility index (Phi) is 3.83. The van der Waals surface area contributed by atoms with Crippen molar-refractivity contribution in [1.82, 2.24) is 10.3 Å². The maximum absolute atomic E-state index is 12.8. The molecule has 88 valence electrons. The van der Waals surface area contributed by atoms with Gasteiger partial charge in [-0.15, -0.1) is 0 Å². The van der Waals surface area contributed by atoms with Gasteiger partial charge in [0.05, 0.1) is 0 Å². The molecule has 1 unspecified atom stereocenters. The summed E-state index contributed by atoms with van der Waals surface area (Å²) >= 11 is 0. The molecule has 0 fully saturated rings. The topological polar surface area (TPSA) is 24.9 Å². The van der Waals surface area contributed by atoms with E-state index >= 15 is 0 Å². The lowest BCUT2D eigenvalue weighted by Crippen LogP contribution is -2.18. The maximum atomic E-state index is 12.8. The molecular formula is C14H15FN2. The van der Waals surface area contributed by atoms with Crippen molar-refractivity contribution < 1.29 is 4.39 Å². The Morgan fingerprint density at radius 1 is 1.24 bits per heavy atom. The van der Waals surface area contributed by atoms with Crippen LogP contribution in [0.5, 0.6) is 0 Å². The highest BCUT2D eigenvalue weighted by molar-refractivity contribution is 5.21. The van der Waals surface area contributed by atoms with Crippen LogP contribution in [0.25, 0.3) is 0 Å². The Hall–Kier alpha value is -1.74. The number of halogens is 1. The second kappa shape index (κ2) is 5.55. The van der Waals surface area contributed by atoms with E-state index in [4.69, 9.17) is 0 Å². The number of likely N-dealkylation sites (N-methyl/N-ethyl adjacent to an activating group) is 1. The average Bonchev–Trinajstić information content (AvgIpc) is 2.39. The van der Waals surface area contributed by atoms with Gasteiger partial charge >= 0.3 is 0 Å². The van der Waals surface area contributed by atoms with Gasteiger partial charge in [0, 0.05) is 18.4 Å². The molecule has 2 nitrogen and oxygen atoms in total. The molecule has 1 atom stereocenters. The summed E-state index contributed by atoms with van der Waals surface area (Å²) in [5.74, 6) is -0.198. The van der Waals surface area contributed by atoms with Crippen LogP contribution >= 0.6 is 0 Å². The Morgan fingerprint density at radius 2 is 2.00 bits per heavy atom. The van der Waals surface area contributed by atoms with Crippen molar-refractivity contribution in [1.29, 1.82) is 0 Å². The highest BCUT2D eigenvalue weighted by Crippen LogP contribution is 2.17. The molecule has 17 heavy (non-hydrogen) atoms. The van der Waals surface area contributed by atoms with Gasteiger partial charge in [-0.25, -0.2) is 4.39 Å². The van der Waals surface area contributed by atoms with Crippen LogP contribution in [0.2, 0.25) is 0 Å². The third kappa shape index (κ3) is 3.11. The van der Waals surface area contributed by atoms with Crippen LogP contribution in [0.3, 0.4) is 0 Å². The summed E-state index contributed by atoms with van der Waals surface area (Å²) in [5.41, 5.74) is 2.24. The second-order valence-electron chi connectivity index (χ2n) is 3.96. The van der Waals surface area contributed by atoms with Crippen LogP contribution < -0.4 is 5.32 Å². The van der Waals surface area contributed by atoms with Gasteiger partial charge in [0.15, 0.2) is 0 Å². The van der Waals surface area contributed by atoms with E-state index in [0.29, 0.717) is 0 Å². The number of hydrogen-bond donors (Lipinski definition) is 1. The number of nitrogens with one attached hydrogen (secondary N) is 1. The summed E-state index contributed by atoms with van der Waals surface area (Å²) in [5, 5.41) is 3.25. The largest absolute Gasteiger partial charge is 0.313 e. The van der Waals surface area contributed by atoms with Crippen molar-refractivity contribution in [3.63, 3.8) is 0 Å². The van der Waals surface area contributed by atoms with Gasteiger partial charge in [-0.1, -0.05) is 18.2 Å². The number of aromatic nitrogens is 1. The number of pyridine rings is 1. The van der Waals surface area contributed by atoms with E-state index in [2.05, 4.69) is 10.3 Å². The van der Waals surface area contributed by atoms with E-state index in [9.17, 15) is 4.39 Å². The van der Waals surface area contributed by atoms with E-state index in [-0.39, 0.29) is 11.9 Å². The zero-order valence-corrected chi connectivity index (χ0v) is 9.73. The van der Waals surface area contributed by atoms with E-state index in [0.717, 1.165) is 17.5 Å². The fourth-order valence-electron chi connectivity index (χ4n) is 1.82. The third-order valence-corrected chi connectivity index (χ3v) is 2.79. The third-order valence-electron chi connectivity index (χ3n) is 2.79. The highest BCUT2D eigenvalue weighted by Gasteiger charge is 2.09. The number of rotatable bonds is 4. The fraction of sp³-hybridized carbons (Fsp3) is 0.214. The molecule has 0 aliphatic rings.